The number of H-pyrrole nitrogens is 2. The minimum Gasteiger partial charge on any atom is -0.478 e. The van der Waals surface area contributed by atoms with Gasteiger partial charge < -0.3 is 15.1 Å². The fourth-order valence-electron chi connectivity index (χ4n) is 2.03. The number of aryl methyl sites for hydroxylation is 1. The summed E-state index contributed by atoms with van der Waals surface area (Å²) < 4.78 is 0. The van der Waals surface area contributed by atoms with Gasteiger partial charge in [-0.1, -0.05) is 0 Å². The third-order valence-electron chi connectivity index (χ3n) is 3.04. The third-order valence-corrected chi connectivity index (χ3v) is 3.04. The lowest BCUT2D eigenvalue weighted by Crippen LogP contribution is -2.05. The Morgan fingerprint density at radius 3 is 2.80 bits per heavy atom. The summed E-state index contributed by atoms with van der Waals surface area (Å²) in [5.41, 5.74) is 2.42. The van der Waals surface area contributed by atoms with E-state index in [4.69, 9.17) is 5.11 Å². The highest BCUT2D eigenvalue weighted by molar-refractivity contribution is 5.92. The molecule has 100 valence electrons. The number of carboxylic acids is 1. The number of pyridine rings is 1. The van der Waals surface area contributed by atoms with Crippen LogP contribution in [0, 0.1) is 6.92 Å². The van der Waals surface area contributed by atoms with E-state index < -0.39 is 5.97 Å². The SMILES string of the molecule is Cc1cc(=O)c(-c2nc3ccc(C(=O)O)cc3[nH]2)c[nH]1. The molecule has 2 heterocycles. The van der Waals surface area contributed by atoms with Crippen LogP contribution in [0.25, 0.3) is 22.4 Å². The molecule has 0 saturated heterocycles. The number of hydrogen-bond donors (Lipinski definition) is 3. The van der Waals surface area contributed by atoms with Crippen LogP contribution < -0.4 is 5.43 Å². The first-order valence-corrected chi connectivity index (χ1v) is 5.97. The second kappa shape index (κ2) is 4.34. The first kappa shape index (κ1) is 12.2. The minimum atomic E-state index is -1.00. The van der Waals surface area contributed by atoms with Crippen molar-refractivity contribution in [3.8, 4) is 11.4 Å². The zero-order valence-corrected chi connectivity index (χ0v) is 10.6. The standard InChI is InChI=1S/C14H11N3O3/c1-7-4-12(18)9(6-15-7)13-16-10-3-2-8(14(19)20)5-11(10)17-13/h2-6H,1H3,(H,15,18)(H,16,17)(H,19,20). The number of imidazole rings is 1. The van der Waals surface area contributed by atoms with Crippen LogP contribution in [0.2, 0.25) is 0 Å². The Kier molecular flexibility index (Phi) is 2.64. The molecule has 0 radical (unpaired) electrons. The fourth-order valence-corrected chi connectivity index (χ4v) is 2.03. The molecule has 2 aromatic heterocycles. The molecule has 0 aliphatic rings. The number of nitrogens with zero attached hydrogens (tertiary/aromatic N) is 1. The predicted octanol–water partition coefficient (Wildman–Crippen LogP) is 1.92. The van der Waals surface area contributed by atoms with Crippen molar-refractivity contribution in [2.45, 2.75) is 6.92 Å². The highest BCUT2D eigenvalue weighted by Crippen LogP contribution is 2.19. The van der Waals surface area contributed by atoms with Crippen LogP contribution in [0.3, 0.4) is 0 Å². The van der Waals surface area contributed by atoms with E-state index in [0.29, 0.717) is 22.4 Å². The second-order valence-corrected chi connectivity index (χ2v) is 4.52. The summed E-state index contributed by atoms with van der Waals surface area (Å²) in [6.07, 6.45) is 1.59. The van der Waals surface area contributed by atoms with Crippen LogP contribution in [0.5, 0.6) is 0 Å². The Morgan fingerprint density at radius 1 is 1.30 bits per heavy atom. The highest BCUT2D eigenvalue weighted by atomic mass is 16.4. The van der Waals surface area contributed by atoms with Crippen LogP contribution >= 0.6 is 0 Å². The molecule has 0 atom stereocenters. The number of aromatic nitrogens is 3. The number of carbonyl (C=O) groups is 1. The molecule has 6 heteroatoms. The zero-order valence-electron chi connectivity index (χ0n) is 10.6. The summed E-state index contributed by atoms with van der Waals surface area (Å²) in [6.45, 7) is 1.79. The van der Waals surface area contributed by atoms with Gasteiger partial charge in [-0.15, -0.1) is 0 Å². The fraction of sp³-hybridized carbons (Fsp3) is 0.0714. The molecule has 1 aromatic carbocycles. The lowest BCUT2D eigenvalue weighted by atomic mass is 10.2. The van der Waals surface area contributed by atoms with Gasteiger partial charge in [-0.3, -0.25) is 4.79 Å². The zero-order chi connectivity index (χ0) is 14.3. The minimum absolute atomic E-state index is 0.140. The Bertz CT molecular complexity index is 877. The van der Waals surface area contributed by atoms with Crippen LogP contribution in [-0.4, -0.2) is 26.0 Å². The molecule has 20 heavy (non-hydrogen) atoms. The average Bonchev–Trinajstić information content (AvgIpc) is 2.80. The lowest BCUT2D eigenvalue weighted by molar-refractivity contribution is 0.0697. The maximum atomic E-state index is 11.9. The molecule has 0 saturated carbocycles. The summed E-state index contributed by atoms with van der Waals surface area (Å²) in [5, 5.41) is 8.95. The number of hydrogen-bond acceptors (Lipinski definition) is 3. The van der Waals surface area contributed by atoms with Gasteiger partial charge in [0.25, 0.3) is 0 Å². The third kappa shape index (κ3) is 1.97. The van der Waals surface area contributed by atoms with Crippen molar-refractivity contribution in [3.05, 3.63) is 51.9 Å². The molecule has 0 amide bonds. The second-order valence-electron chi connectivity index (χ2n) is 4.52. The van der Waals surface area contributed by atoms with E-state index in [2.05, 4.69) is 15.0 Å². The first-order valence-electron chi connectivity index (χ1n) is 5.97. The Morgan fingerprint density at radius 2 is 2.10 bits per heavy atom. The molecule has 0 fully saturated rings. The summed E-state index contributed by atoms with van der Waals surface area (Å²) >= 11 is 0. The van der Waals surface area contributed by atoms with Crippen molar-refractivity contribution in [1.82, 2.24) is 15.0 Å². The van der Waals surface area contributed by atoms with E-state index in [1.54, 1.807) is 19.2 Å². The van der Waals surface area contributed by atoms with Crippen molar-refractivity contribution >= 4 is 17.0 Å². The summed E-state index contributed by atoms with van der Waals surface area (Å²) in [4.78, 5) is 33.1. The van der Waals surface area contributed by atoms with E-state index >= 15 is 0 Å². The molecule has 0 bridgehead atoms. The lowest BCUT2D eigenvalue weighted by Gasteiger charge is -1.96. The van der Waals surface area contributed by atoms with Crippen LogP contribution in [0.1, 0.15) is 16.1 Å². The van der Waals surface area contributed by atoms with Crippen molar-refractivity contribution in [2.75, 3.05) is 0 Å². The van der Waals surface area contributed by atoms with Gasteiger partial charge in [0.1, 0.15) is 5.82 Å². The first-order chi connectivity index (χ1) is 9.54. The smallest absolute Gasteiger partial charge is 0.335 e. The summed E-state index contributed by atoms with van der Waals surface area (Å²) in [5.74, 6) is -0.583. The van der Waals surface area contributed by atoms with Gasteiger partial charge in [0, 0.05) is 18.0 Å². The van der Waals surface area contributed by atoms with E-state index in [9.17, 15) is 9.59 Å². The van der Waals surface area contributed by atoms with E-state index in [0.717, 1.165) is 5.69 Å². The number of aromatic carboxylic acids is 1. The number of nitrogens with one attached hydrogen (secondary N) is 2. The molecule has 0 aliphatic heterocycles. The van der Waals surface area contributed by atoms with Crippen molar-refractivity contribution in [1.29, 1.82) is 0 Å². The quantitative estimate of drug-likeness (QED) is 0.661. The largest absolute Gasteiger partial charge is 0.478 e. The maximum absolute atomic E-state index is 11.9. The number of rotatable bonds is 2. The highest BCUT2D eigenvalue weighted by Gasteiger charge is 2.11. The molecule has 0 spiro atoms. The van der Waals surface area contributed by atoms with Crippen LogP contribution in [-0.2, 0) is 0 Å². The van der Waals surface area contributed by atoms with Crippen LogP contribution in [0.4, 0.5) is 0 Å². The Labute approximate surface area is 113 Å². The molecule has 3 N–H and O–H groups in total. The Balaban J connectivity index is 2.17. The van der Waals surface area contributed by atoms with Gasteiger partial charge in [-0.05, 0) is 25.1 Å². The normalized spacial score (nSPS) is 10.8. The molecule has 3 aromatic rings. The number of aromatic amines is 2. The Hall–Kier alpha value is -2.89. The number of benzene rings is 1. The molecule has 3 rings (SSSR count). The molecule has 6 nitrogen and oxygen atoms in total. The van der Waals surface area contributed by atoms with Gasteiger partial charge in [-0.2, -0.15) is 0 Å². The summed E-state index contributed by atoms with van der Waals surface area (Å²) in [6, 6.07) is 6.08. The van der Waals surface area contributed by atoms with E-state index in [-0.39, 0.29) is 11.0 Å². The van der Waals surface area contributed by atoms with Crippen molar-refractivity contribution in [3.63, 3.8) is 0 Å². The monoisotopic (exact) mass is 269 g/mol. The number of carboxylic acid groups (broad SMARTS) is 1. The van der Waals surface area contributed by atoms with Crippen molar-refractivity contribution in [2.24, 2.45) is 0 Å². The van der Waals surface area contributed by atoms with Gasteiger partial charge >= 0.3 is 5.97 Å². The molecular formula is C14H11N3O3. The van der Waals surface area contributed by atoms with Crippen LogP contribution in [0.15, 0.2) is 35.3 Å². The van der Waals surface area contributed by atoms with Crippen molar-refractivity contribution < 1.29 is 9.90 Å². The molecule has 0 aliphatic carbocycles. The number of fused-ring (bicyclic) bond motifs is 1. The predicted molar refractivity (Wildman–Crippen MR) is 73.8 cm³/mol. The molecule has 0 unspecified atom stereocenters. The van der Waals surface area contributed by atoms with Gasteiger partial charge in [0.2, 0.25) is 0 Å². The van der Waals surface area contributed by atoms with E-state index in [1.165, 1.54) is 18.2 Å². The molecular weight excluding hydrogens is 258 g/mol. The summed E-state index contributed by atoms with van der Waals surface area (Å²) in [7, 11) is 0. The van der Waals surface area contributed by atoms with E-state index in [1.807, 2.05) is 0 Å². The van der Waals surface area contributed by atoms with Gasteiger partial charge in [0.05, 0.1) is 22.2 Å². The average molecular weight is 269 g/mol. The maximum Gasteiger partial charge on any atom is 0.335 e. The van der Waals surface area contributed by atoms with Gasteiger partial charge in [-0.25, -0.2) is 9.78 Å². The topological polar surface area (TPSA) is 98.8 Å². The van der Waals surface area contributed by atoms with Gasteiger partial charge in [0.15, 0.2) is 5.43 Å².